The first kappa shape index (κ1) is 14.2. The fraction of sp³-hybridized carbons (Fsp3) is 0.0500. The Morgan fingerprint density at radius 3 is 2.12 bits per heavy atom. The van der Waals surface area contributed by atoms with Crippen molar-refractivity contribution in [3.05, 3.63) is 83.9 Å². The van der Waals surface area contributed by atoms with E-state index in [2.05, 4.69) is 11.2 Å². The van der Waals surface area contributed by atoms with Crippen LogP contribution in [0, 0.1) is 11.6 Å². The van der Waals surface area contributed by atoms with Crippen LogP contribution in [0.1, 0.15) is 5.56 Å². The lowest BCUT2D eigenvalue weighted by Gasteiger charge is -2.29. The molecule has 122 valence electrons. The standard InChI is InChI=1S/C20H13F2N3/c21-16-9-5-10-17(22)19(16)25-12-24-18-11-4-3-7-14(18)13-6-1-2-8-15(13)20(24)23-25/h1-11H,12H2. The number of hydrazone groups is 1. The lowest BCUT2D eigenvalue weighted by atomic mass is 9.93. The Balaban J connectivity index is 1.71. The fourth-order valence-electron chi connectivity index (χ4n) is 3.50. The third-order valence-corrected chi connectivity index (χ3v) is 4.60. The van der Waals surface area contributed by atoms with E-state index in [0.717, 1.165) is 22.4 Å². The number of rotatable bonds is 1. The maximum absolute atomic E-state index is 14.2. The predicted molar refractivity (Wildman–Crippen MR) is 94.6 cm³/mol. The molecule has 0 aromatic heterocycles. The van der Waals surface area contributed by atoms with E-state index in [1.165, 1.54) is 23.2 Å². The molecule has 0 radical (unpaired) electrons. The number of fused-ring (bicyclic) bond motifs is 6. The van der Waals surface area contributed by atoms with Crippen LogP contribution in [0.25, 0.3) is 11.1 Å². The predicted octanol–water partition coefficient (Wildman–Crippen LogP) is 4.59. The summed E-state index contributed by atoms with van der Waals surface area (Å²) in [5.41, 5.74) is 3.98. The average Bonchev–Trinajstić information content (AvgIpc) is 3.07. The van der Waals surface area contributed by atoms with Crippen molar-refractivity contribution in [2.24, 2.45) is 5.10 Å². The molecule has 5 rings (SSSR count). The molecule has 3 aromatic carbocycles. The number of hydrogen-bond donors (Lipinski definition) is 0. The van der Waals surface area contributed by atoms with Crippen LogP contribution in [0.5, 0.6) is 0 Å². The van der Waals surface area contributed by atoms with Gasteiger partial charge in [0.2, 0.25) is 0 Å². The monoisotopic (exact) mass is 333 g/mol. The van der Waals surface area contributed by atoms with E-state index in [-0.39, 0.29) is 12.4 Å². The maximum atomic E-state index is 14.2. The largest absolute Gasteiger partial charge is 0.304 e. The molecule has 25 heavy (non-hydrogen) atoms. The highest BCUT2D eigenvalue weighted by Gasteiger charge is 2.35. The quantitative estimate of drug-likeness (QED) is 0.648. The van der Waals surface area contributed by atoms with Crippen molar-refractivity contribution in [3.8, 4) is 11.1 Å². The van der Waals surface area contributed by atoms with Crippen molar-refractivity contribution < 1.29 is 8.78 Å². The summed E-state index contributed by atoms with van der Waals surface area (Å²) in [6.07, 6.45) is 0. The van der Waals surface area contributed by atoms with Gasteiger partial charge in [0.05, 0.1) is 5.69 Å². The Kier molecular flexibility index (Phi) is 2.91. The summed E-state index contributed by atoms with van der Waals surface area (Å²) < 4.78 is 28.4. The van der Waals surface area contributed by atoms with Gasteiger partial charge in [-0.05, 0) is 23.8 Å². The van der Waals surface area contributed by atoms with E-state index in [1.807, 2.05) is 47.4 Å². The summed E-state index contributed by atoms with van der Waals surface area (Å²) in [6, 6.07) is 19.8. The van der Waals surface area contributed by atoms with Crippen LogP contribution in [-0.4, -0.2) is 12.5 Å². The van der Waals surface area contributed by atoms with Crippen molar-refractivity contribution in [1.82, 2.24) is 0 Å². The maximum Gasteiger partial charge on any atom is 0.163 e. The van der Waals surface area contributed by atoms with Crippen LogP contribution >= 0.6 is 0 Å². The highest BCUT2D eigenvalue weighted by Crippen LogP contribution is 2.41. The Hall–Kier alpha value is -3.21. The number of para-hydroxylation sites is 2. The van der Waals surface area contributed by atoms with Crippen LogP contribution < -0.4 is 9.91 Å². The number of hydrogen-bond acceptors (Lipinski definition) is 3. The molecular weight excluding hydrogens is 320 g/mol. The summed E-state index contributed by atoms with van der Waals surface area (Å²) in [6.45, 7) is 0.262. The lowest BCUT2D eigenvalue weighted by molar-refractivity contribution is 0.576. The summed E-state index contributed by atoms with van der Waals surface area (Å²) in [5, 5.41) is 5.93. The number of halogens is 2. The summed E-state index contributed by atoms with van der Waals surface area (Å²) >= 11 is 0. The number of benzene rings is 3. The minimum Gasteiger partial charge on any atom is -0.304 e. The molecule has 0 aliphatic carbocycles. The summed E-state index contributed by atoms with van der Waals surface area (Å²) in [4.78, 5) is 1.99. The first-order valence-corrected chi connectivity index (χ1v) is 8.00. The molecule has 0 fully saturated rings. The van der Waals surface area contributed by atoms with Gasteiger partial charge < -0.3 is 4.90 Å². The Bertz CT molecular complexity index is 1010. The molecular formula is C20H13F2N3. The molecule has 0 spiro atoms. The zero-order chi connectivity index (χ0) is 17.0. The van der Waals surface area contributed by atoms with E-state index in [1.54, 1.807) is 0 Å². The molecule has 0 saturated carbocycles. The minimum atomic E-state index is -0.620. The van der Waals surface area contributed by atoms with Gasteiger partial charge in [0.15, 0.2) is 17.5 Å². The SMILES string of the molecule is Fc1cccc(F)c1N1CN2C(=N1)c1ccccc1-c1ccccc12. The Morgan fingerprint density at radius 1 is 0.720 bits per heavy atom. The Morgan fingerprint density at radius 2 is 1.36 bits per heavy atom. The van der Waals surface area contributed by atoms with Gasteiger partial charge in [-0.25, -0.2) is 13.8 Å². The molecule has 2 aliphatic heterocycles. The van der Waals surface area contributed by atoms with Crippen molar-refractivity contribution in [2.75, 3.05) is 16.6 Å². The van der Waals surface area contributed by atoms with E-state index in [0.29, 0.717) is 5.84 Å². The van der Waals surface area contributed by atoms with Gasteiger partial charge in [-0.3, -0.25) is 0 Å². The van der Waals surface area contributed by atoms with Crippen molar-refractivity contribution >= 4 is 17.2 Å². The van der Waals surface area contributed by atoms with Gasteiger partial charge in [0, 0.05) is 11.1 Å². The molecule has 0 amide bonds. The van der Waals surface area contributed by atoms with Gasteiger partial charge in [-0.15, -0.1) is 0 Å². The normalized spacial score (nSPS) is 14.7. The summed E-state index contributed by atoms with van der Waals surface area (Å²) in [5.74, 6) is -0.534. The zero-order valence-corrected chi connectivity index (χ0v) is 13.2. The van der Waals surface area contributed by atoms with Gasteiger partial charge in [0.25, 0.3) is 0 Å². The number of amidine groups is 1. The minimum absolute atomic E-state index is 0.126. The molecule has 2 aliphatic rings. The first-order valence-electron chi connectivity index (χ1n) is 8.00. The van der Waals surface area contributed by atoms with Gasteiger partial charge in [-0.2, -0.15) is 5.10 Å². The average molecular weight is 333 g/mol. The molecule has 0 saturated heterocycles. The van der Waals surface area contributed by atoms with Crippen LogP contribution in [0.4, 0.5) is 20.2 Å². The second-order valence-corrected chi connectivity index (χ2v) is 6.03. The second kappa shape index (κ2) is 5.14. The van der Waals surface area contributed by atoms with Gasteiger partial charge >= 0.3 is 0 Å². The van der Waals surface area contributed by atoms with Gasteiger partial charge in [0.1, 0.15) is 12.4 Å². The van der Waals surface area contributed by atoms with Crippen molar-refractivity contribution in [1.29, 1.82) is 0 Å². The molecule has 0 bridgehead atoms. The number of anilines is 2. The van der Waals surface area contributed by atoms with Crippen LogP contribution in [0.2, 0.25) is 0 Å². The van der Waals surface area contributed by atoms with E-state index in [4.69, 9.17) is 0 Å². The third kappa shape index (κ3) is 1.99. The number of nitrogens with zero attached hydrogens (tertiary/aromatic N) is 3. The molecule has 0 unspecified atom stereocenters. The topological polar surface area (TPSA) is 18.8 Å². The Labute approximate surface area is 143 Å². The molecule has 0 atom stereocenters. The van der Waals surface area contributed by atoms with Crippen molar-refractivity contribution in [2.45, 2.75) is 0 Å². The van der Waals surface area contributed by atoms with E-state index >= 15 is 0 Å². The van der Waals surface area contributed by atoms with Crippen LogP contribution in [-0.2, 0) is 0 Å². The molecule has 3 aromatic rings. The summed E-state index contributed by atoms with van der Waals surface area (Å²) in [7, 11) is 0. The molecule has 5 heteroatoms. The third-order valence-electron chi connectivity index (χ3n) is 4.60. The van der Waals surface area contributed by atoms with Gasteiger partial charge in [-0.1, -0.05) is 48.5 Å². The zero-order valence-electron chi connectivity index (χ0n) is 13.2. The van der Waals surface area contributed by atoms with E-state index in [9.17, 15) is 8.78 Å². The second-order valence-electron chi connectivity index (χ2n) is 6.03. The molecule has 0 N–H and O–H groups in total. The molecule has 2 heterocycles. The molecule has 3 nitrogen and oxygen atoms in total. The lowest BCUT2D eigenvalue weighted by Crippen LogP contribution is -2.34. The van der Waals surface area contributed by atoms with Crippen molar-refractivity contribution in [3.63, 3.8) is 0 Å². The smallest absolute Gasteiger partial charge is 0.163 e. The first-order chi connectivity index (χ1) is 12.2. The fourth-order valence-corrected chi connectivity index (χ4v) is 3.50. The highest BCUT2D eigenvalue weighted by atomic mass is 19.1. The highest BCUT2D eigenvalue weighted by molar-refractivity contribution is 6.20. The van der Waals surface area contributed by atoms with Crippen LogP contribution in [0.15, 0.2) is 71.8 Å². The van der Waals surface area contributed by atoms with Crippen LogP contribution in [0.3, 0.4) is 0 Å². The van der Waals surface area contributed by atoms with E-state index < -0.39 is 11.6 Å².